The van der Waals surface area contributed by atoms with Gasteiger partial charge in [-0.15, -0.1) is 12.6 Å². The average molecular weight is 296 g/mol. The van der Waals surface area contributed by atoms with Crippen LogP contribution in [-0.4, -0.2) is 16.2 Å². The van der Waals surface area contributed by atoms with Gasteiger partial charge in [0.15, 0.2) is 0 Å². The Morgan fingerprint density at radius 1 is 1.14 bits per heavy atom. The van der Waals surface area contributed by atoms with Gasteiger partial charge in [-0.25, -0.2) is 0 Å². The Bertz CT molecular complexity index is 690. The lowest BCUT2D eigenvalue weighted by molar-refractivity contribution is 0.447. The molecule has 0 N–H and O–H groups in total. The van der Waals surface area contributed by atoms with Gasteiger partial charge < -0.3 is 0 Å². The van der Waals surface area contributed by atoms with Crippen LogP contribution >= 0.6 is 12.6 Å². The summed E-state index contributed by atoms with van der Waals surface area (Å²) in [6, 6.07) is 12.5. The zero-order chi connectivity index (χ0) is 15.0. The molecule has 3 heteroatoms. The van der Waals surface area contributed by atoms with Crippen molar-refractivity contribution < 1.29 is 0 Å². The summed E-state index contributed by atoms with van der Waals surface area (Å²) in [5.74, 6) is 0.349. The van der Waals surface area contributed by atoms with Crippen LogP contribution in [0.5, 0.6) is 0 Å². The van der Waals surface area contributed by atoms with Gasteiger partial charge in [0.1, 0.15) is 0 Å². The molecule has 1 aliphatic rings. The number of thiol groups is 1. The highest BCUT2D eigenvalue weighted by molar-refractivity contribution is 7.80. The maximum Gasteiger partial charge on any atom is 0.0628 e. The molecule has 0 aliphatic carbocycles. The first-order valence-electron chi connectivity index (χ1n) is 7.27. The number of hydrogen-bond acceptors (Lipinski definition) is 3. The molecule has 1 unspecified atom stereocenters. The van der Waals surface area contributed by atoms with Crippen molar-refractivity contribution in [3.05, 3.63) is 59.4 Å². The highest BCUT2D eigenvalue weighted by Crippen LogP contribution is 2.43. The molecule has 0 amide bonds. The standard InChI is InChI=1S/C18H20N2S/c1-12-17(21)14(9-10-19-12)15-11-16(20-18(15,2)3)13-7-5-4-6-8-13/h4-10,15,21H,11H2,1-3H3. The van der Waals surface area contributed by atoms with E-state index < -0.39 is 0 Å². The lowest BCUT2D eigenvalue weighted by Crippen LogP contribution is -2.23. The number of aromatic nitrogens is 1. The van der Waals surface area contributed by atoms with E-state index in [0.29, 0.717) is 5.92 Å². The van der Waals surface area contributed by atoms with Crippen molar-refractivity contribution in [2.24, 2.45) is 4.99 Å². The number of rotatable bonds is 2. The summed E-state index contributed by atoms with van der Waals surface area (Å²) in [5.41, 5.74) is 4.54. The molecule has 1 aromatic carbocycles. The second-order valence-corrected chi connectivity index (χ2v) is 6.62. The molecule has 0 saturated heterocycles. The molecule has 108 valence electrons. The summed E-state index contributed by atoms with van der Waals surface area (Å²) in [5, 5.41) is 0. The first-order valence-corrected chi connectivity index (χ1v) is 7.72. The maximum absolute atomic E-state index is 4.98. The van der Waals surface area contributed by atoms with Crippen LogP contribution in [0.1, 0.15) is 43.0 Å². The molecule has 1 atom stereocenters. The lowest BCUT2D eigenvalue weighted by atomic mass is 9.81. The first-order chi connectivity index (χ1) is 9.99. The van der Waals surface area contributed by atoms with E-state index in [9.17, 15) is 0 Å². The van der Waals surface area contributed by atoms with Crippen molar-refractivity contribution >= 4 is 18.3 Å². The van der Waals surface area contributed by atoms with Crippen LogP contribution in [0.3, 0.4) is 0 Å². The van der Waals surface area contributed by atoms with Crippen molar-refractivity contribution in [1.29, 1.82) is 0 Å². The molecule has 0 spiro atoms. The Morgan fingerprint density at radius 3 is 2.57 bits per heavy atom. The summed E-state index contributed by atoms with van der Waals surface area (Å²) in [6.07, 6.45) is 2.83. The molecule has 0 radical (unpaired) electrons. The molecule has 1 aromatic heterocycles. The fraction of sp³-hybridized carbons (Fsp3) is 0.333. The number of hydrogen-bond donors (Lipinski definition) is 1. The molecule has 21 heavy (non-hydrogen) atoms. The molecule has 2 nitrogen and oxygen atoms in total. The number of pyridine rings is 1. The van der Waals surface area contributed by atoms with Crippen LogP contribution in [0.25, 0.3) is 0 Å². The largest absolute Gasteiger partial charge is 0.282 e. The summed E-state index contributed by atoms with van der Waals surface area (Å²) >= 11 is 4.67. The maximum atomic E-state index is 4.98. The van der Waals surface area contributed by atoms with Crippen LogP contribution in [0.4, 0.5) is 0 Å². The number of aryl methyl sites for hydroxylation is 1. The Labute approximate surface area is 131 Å². The SMILES string of the molecule is Cc1nccc(C2CC(c3ccccc3)=NC2(C)C)c1S. The second-order valence-electron chi connectivity index (χ2n) is 6.17. The van der Waals surface area contributed by atoms with E-state index >= 15 is 0 Å². The van der Waals surface area contributed by atoms with Gasteiger partial charge in [0.2, 0.25) is 0 Å². The van der Waals surface area contributed by atoms with Crippen molar-refractivity contribution in [3.8, 4) is 0 Å². The normalized spacial score (nSPS) is 20.4. The molecule has 0 bridgehead atoms. The predicted octanol–water partition coefficient (Wildman–Crippen LogP) is 4.43. The molecule has 3 rings (SSSR count). The number of aliphatic imine (C=N–C) groups is 1. The minimum Gasteiger partial charge on any atom is -0.282 e. The minimum atomic E-state index is -0.115. The number of benzene rings is 1. The van der Waals surface area contributed by atoms with Crippen molar-refractivity contribution in [2.45, 2.75) is 43.5 Å². The van der Waals surface area contributed by atoms with Gasteiger partial charge in [0, 0.05) is 22.7 Å². The Hall–Kier alpha value is -1.61. The molecule has 2 heterocycles. The van der Waals surface area contributed by atoms with E-state index in [1.165, 1.54) is 16.8 Å². The smallest absolute Gasteiger partial charge is 0.0628 e. The molecular weight excluding hydrogens is 276 g/mol. The van der Waals surface area contributed by atoms with Crippen LogP contribution in [0.15, 0.2) is 52.5 Å². The van der Waals surface area contributed by atoms with Gasteiger partial charge in [0.05, 0.1) is 11.2 Å². The van der Waals surface area contributed by atoms with E-state index in [1.54, 1.807) is 0 Å². The molecule has 0 fully saturated rings. The summed E-state index contributed by atoms with van der Waals surface area (Å²) in [7, 11) is 0. The van der Waals surface area contributed by atoms with Crippen LogP contribution in [0.2, 0.25) is 0 Å². The zero-order valence-corrected chi connectivity index (χ0v) is 13.6. The van der Waals surface area contributed by atoms with Crippen LogP contribution in [-0.2, 0) is 0 Å². The summed E-state index contributed by atoms with van der Waals surface area (Å²) in [4.78, 5) is 10.3. The third-order valence-corrected chi connectivity index (χ3v) is 4.88. The summed E-state index contributed by atoms with van der Waals surface area (Å²) < 4.78 is 0. The van der Waals surface area contributed by atoms with Crippen molar-refractivity contribution in [1.82, 2.24) is 4.98 Å². The van der Waals surface area contributed by atoms with E-state index in [0.717, 1.165) is 17.0 Å². The Balaban J connectivity index is 1.99. The third kappa shape index (κ3) is 2.62. The molecular formula is C18H20N2S. The third-order valence-electron chi connectivity index (χ3n) is 4.29. The van der Waals surface area contributed by atoms with E-state index in [2.05, 4.69) is 61.8 Å². The monoisotopic (exact) mass is 296 g/mol. The lowest BCUT2D eigenvalue weighted by Gasteiger charge is -2.26. The second kappa shape index (κ2) is 5.30. The quantitative estimate of drug-likeness (QED) is 0.815. The van der Waals surface area contributed by atoms with Crippen LogP contribution in [0, 0.1) is 6.92 Å². The summed E-state index contributed by atoms with van der Waals surface area (Å²) in [6.45, 7) is 6.42. The van der Waals surface area contributed by atoms with Gasteiger partial charge in [0.25, 0.3) is 0 Å². The topological polar surface area (TPSA) is 25.2 Å². The van der Waals surface area contributed by atoms with Gasteiger partial charge in [-0.2, -0.15) is 0 Å². The van der Waals surface area contributed by atoms with E-state index in [1.807, 2.05) is 19.2 Å². The van der Waals surface area contributed by atoms with Crippen molar-refractivity contribution in [3.63, 3.8) is 0 Å². The fourth-order valence-corrected chi connectivity index (χ4v) is 3.37. The van der Waals surface area contributed by atoms with E-state index in [4.69, 9.17) is 4.99 Å². The predicted molar refractivity (Wildman–Crippen MR) is 90.6 cm³/mol. The minimum absolute atomic E-state index is 0.115. The van der Waals surface area contributed by atoms with Gasteiger partial charge in [-0.3, -0.25) is 9.98 Å². The van der Waals surface area contributed by atoms with Gasteiger partial charge >= 0.3 is 0 Å². The molecule has 0 saturated carbocycles. The Morgan fingerprint density at radius 2 is 1.86 bits per heavy atom. The Kier molecular flexibility index (Phi) is 3.62. The average Bonchev–Trinajstić information content (AvgIpc) is 2.79. The highest BCUT2D eigenvalue weighted by Gasteiger charge is 2.38. The number of nitrogens with zero attached hydrogens (tertiary/aromatic N) is 2. The van der Waals surface area contributed by atoms with E-state index in [-0.39, 0.29) is 5.54 Å². The van der Waals surface area contributed by atoms with Crippen molar-refractivity contribution in [2.75, 3.05) is 0 Å². The fourth-order valence-electron chi connectivity index (χ4n) is 3.08. The molecule has 2 aromatic rings. The van der Waals surface area contributed by atoms with Gasteiger partial charge in [-0.05, 0) is 44.4 Å². The van der Waals surface area contributed by atoms with Gasteiger partial charge in [-0.1, -0.05) is 30.3 Å². The first kappa shape index (κ1) is 14.3. The molecule has 1 aliphatic heterocycles. The highest BCUT2D eigenvalue weighted by atomic mass is 32.1. The zero-order valence-electron chi connectivity index (χ0n) is 12.7. The van der Waals surface area contributed by atoms with Crippen LogP contribution < -0.4 is 0 Å².